The van der Waals surface area contributed by atoms with Crippen LogP contribution in [0.5, 0.6) is 0 Å². The summed E-state index contributed by atoms with van der Waals surface area (Å²) in [6.07, 6.45) is 1.86. The van der Waals surface area contributed by atoms with Crippen LogP contribution in [-0.4, -0.2) is 11.2 Å². The maximum absolute atomic E-state index is 10.3. The Balaban J connectivity index is 0.00000180. The largest absolute Gasteiger partial charge is 0.391 e. The van der Waals surface area contributed by atoms with Crippen LogP contribution in [0, 0.1) is 40.5 Å². The second-order valence-corrected chi connectivity index (χ2v) is 5.89. The zero-order valence-corrected chi connectivity index (χ0v) is 13.4. The molecule has 0 aliphatic heterocycles. The maximum Gasteiger partial charge on any atom is 0.0761 e. The van der Waals surface area contributed by atoms with Crippen molar-refractivity contribution >= 4 is 12.4 Å². The minimum absolute atomic E-state index is 0. The lowest BCUT2D eigenvalue weighted by molar-refractivity contribution is 0.122. The molecule has 2 nitrogen and oxygen atoms in total. The quantitative estimate of drug-likeness (QED) is 0.893. The molecule has 2 rings (SSSR count). The SMILES string of the molecule is Cc1c(C)c(C)c([C@@H](N)[C@@H](O)C2CC2)c(C)c1C.Cl. The van der Waals surface area contributed by atoms with Crippen molar-refractivity contribution in [2.24, 2.45) is 11.7 Å². The summed E-state index contributed by atoms with van der Waals surface area (Å²) in [7, 11) is 0. The van der Waals surface area contributed by atoms with Crippen molar-refractivity contribution in [2.45, 2.75) is 59.6 Å². The van der Waals surface area contributed by atoms with E-state index in [4.69, 9.17) is 5.73 Å². The highest BCUT2D eigenvalue weighted by atomic mass is 35.5. The summed E-state index contributed by atoms with van der Waals surface area (Å²) in [4.78, 5) is 0. The fraction of sp³-hybridized carbons (Fsp3) is 0.625. The highest BCUT2D eigenvalue weighted by molar-refractivity contribution is 5.85. The average Bonchev–Trinajstić information content (AvgIpc) is 3.17. The van der Waals surface area contributed by atoms with Gasteiger partial charge in [0.1, 0.15) is 0 Å². The topological polar surface area (TPSA) is 46.2 Å². The smallest absolute Gasteiger partial charge is 0.0761 e. The van der Waals surface area contributed by atoms with Crippen LogP contribution in [0.15, 0.2) is 0 Å². The Morgan fingerprint density at radius 3 is 1.63 bits per heavy atom. The summed E-state index contributed by atoms with van der Waals surface area (Å²) in [5.41, 5.74) is 14.0. The van der Waals surface area contributed by atoms with Crippen LogP contribution in [0.3, 0.4) is 0 Å². The van der Waals surface area contributed by atoms with Gasteiger partial charge in [-0.25, -0.2) is 0 Å². The highest BCUT2D eigenvalue weighted by Gasteiger charge is 2.35. The van der Waals surface area contributed by atoms with E-state index in [1.807, 2.05) is 0 Å². The van der Waals surface area contributed by atoms with Crippen molar-refractivity contribution < 1.29 is 5.11 Å². The molecule has 0 radical (unpaired) electrons. The van der Waals surface area contributed by atoms with Gasteiger partial charge in [-0.2, -0.15) is 0 Å². The lowest BCUT2D eigenvalue weighted by atomic mass is 9.84. The van der Waals surface area contributed by atoms with Gasteiger partial charge in [0.15, 0.2) is 0 Å². The van der Waals surface area contributed by atoms with Crippen LogP contribution in [0.2, 0.25) is 0 Å². The summed E-state index contributed by atoms with van der Waals surface area (Å²) < 4.78 is 0. The van der Waals surface area contributed by atoms with Gasteiger partial charge < -0.3 is 10.8 Å². The van der Waals surface area contributed by atoms with E-state index < -0.39 is 0 Å². The van der Waals surface area contributed by atoms with Gasteiger partial charge in [-0.15, -0.1) is 12.4 Å². The molecule has 0 spiro atoms. The molecule has 1 aromatic carbocycles. The molecule has 19 heavy (non-hydrogen) atoms. The summed E-state index contributed by atoms with van der Waals surface area (Å²) in [5.74, 6) is 0.417. The number of hydrogen-bond donors (Lipinski definition) is 2. The number of nitrogens with two attached hydrogens (primary N) is 1. The van der Waals surface area contributed by atoms with Gasteiger partial charge >= 0.3 is 0 Å². The van der Waals surface area contributed by atoms with Gasteiger partial charge in [-0.1, -0.05) is 0 Å². The van der Waals surface area contributed by atoms with Gasteiger partial charge in [0, 0.05) is 0 Å². The average molecular weight is 284 g/mol. The van der Waals surface area contributed by atoms with Crippen molar-refractivity contribution in [3.8, 4) is 0 Å². The van der Waals surface area contributed by atoms with Crippen molar-refractivity contribution in [2.75, 3.05) is 0 Å². The summed E-state index contributed by atoms with van der Waals surface area (Å²) in [5, 5.41) is 10.3. The Labute approximate surface area is 122 Å². The lowest BCUT2D eigenvalue weighted by Crippen LogP contribution is -2.30. The maximum atomic E-state index is 10.3. The minimum atomic E-state index is -0.385. The Hall–Kier alpha value is -0.570. The highest BCUT2D eigenvalue weighted by Crippen LogP contribution is 2.39. The monoisotopic (exact) mass is 283 g/mol. The van der Waals surface area contributed by atoms with E-state index in [0.717, 1.165) is 18.4 Å². The van der Waals surface area contributed by atoms with Gasteiger partial charge in [0.2, 0.25) is 0 Å². The molecule has 1 aromatic rings. The van der Waals surface area contributed by atoms with Gasteiger partial charge in [0.25, 0.3) is 0 Å². The van der Waals surface area contributed by atoms with Gasteiger partial charge in [0.05, 0.1) is 12.1 Å². The van der Waals surface area contributed by atoms with E-state index in [1.165, 1.54) is 27.8 Å². The van der Waals surface area contributed by atoms with Crippen molar-refractivity contribution in [1.82, 2.24) is 0 Å². The summed E-state index contributed by atoms with van der Waals surface area (Å²) >= 11 is 0. The molecule has 1 aliphatic carbocycles. The van der Waals surface area contributed by atoms with Crippen LogP contribution >= 0.6 is 12.4 Å². The number of hydrogen-bond acceptors (Lipinski definition) is 2. The van der Waals surface area contributed by atoms with Crippen LogP contribution in [0.25, 0.3) is 0 Å². The fourth-order valence-electron chi connectivity index (χ4n) is 2.93. The van der Waals surface area contributed by atoms with Crippen LogP contribution in [0.1, 0.15) is 52.3 Å². The number of benzene rings is 1. The van der Waals surface area contributed by atoms with Crippen LogP contribution in [-0.2, 0) is 0 Å². The Kier molecular flexibility index (Phi) is 5.05. The summed E-state index contributed by atoms with van der Waals surface area (Å²) in [6.45, 7) is 10.7. The molecule has 0 saturated heterocycles. The molecule has 3 N–H and O–H groups in total. The van der Waals surface area contributed by atoms with Crippen LogP contribution in [0.4, 0.5) is 0 Å². The zero-order valence-electron chi connectivity index (χ0n) is 12.6. The third kappa shape index (κ3) is 2.81. The Morgan fingerprint density at radius 2 is 1.26 bits per heavy atom. The molecule has 108 valence electrons. The third-order valence-corrected chi connectivity index (χ3v) is 4.86. The predicted molar refractivity (Wildman–Crippen MR) is 83.0 cm³/mol. The molecule has 0 heterocycles. The van der Waals surface area contributed by atoms with E-state index in [-0.39, 0.29) is 24.6 Å². The first kappa shape index (κ1) is 16.5. The van der Waals surface area contributed by atoms with Gasteiger partial charge in [-0.3, -0.25) is 0 Å². The normalized spacial score (nSPS) is 17.8. The molecule has 1 saturated carbocycles. The fourth-order valence-corrected chi connectivity index (χ4v) is 2.93. The van der Waals surface area contributed by atoms with Crippen molar-refractivity contribution in [3.05, 3.63) is 33.4 Å². The second kappa shape index (κ2) is 5.82. The number of rotatable bonds is 3. The molecular weight excluding hydrogens is 258 g/mol. The molecule has 2 atom stereocenters. The zero-order chi connectivity index (χ0) is 13.6. The third-order valence-electron chi connectivity index (χ3n) is 4.86. The Morgan fingerprint density at radius 1 is 0.895 bits per heavy atom. The first-order chi connectivity index (χ1) is 8.36. The van der Waals surface area contributed by atoms with Crippen LogP contribution < -0.4 is 5.73 Å². The van der Waals surface area contributed by atoms with Crippen molar-refractivity contribution in [1.29, 1.82) is 0 Å². The lowest BCUT2D eigenvalue weighted by Gasteiger charge is -2.26. The van der Waals surface area contributed by atoms with E-state index in [0.29, 0.717) is 5.92 Å². The Bertz CT molecular complexity index is 451. The molecular formula is C16H26ClNO. The van der Waals surface area contributed by atoms with E-state index in [1.54, 1.807) is 0 Å². The number of aliphatic hydroxyl groups is 1. The number of halogens is 1. The van der Waals surface area contributed by atoms with Crippen molar-refractivity contribution in [3.63, 3.8) is 0 Å². The second-order valence-electron chi connectivity index (χ2n) is 5.89. The van der Waals surface area contributed by atoms with Gasteiger partial charge in [-0.05, 0) is 86.8 Å². The first-order valence-corrected chi connectivity index (χ1v) is 6.86. The first-order valence-electron chi connectivity index (χ1n) is 6.86. The molecule has 0 aromatic heterocycles. The standard InChI is InChI=1S/C16H25NO.ClH/c1-8-9(2)11(4)14(12(5)10(8)3)15(17)16(18)13-6-7-13;/h13,15-16,18H,6-7,17H2,1-5H3;1H/t15-,16+;/m1./s1. The minimum Gasteiger partial charge on any atom is -0.391 e. The molecule has 0 bridgehead atoms. The van der Waals surface area contributed by atoms with E-state index >= 15 is 0 Å². The van der Waals surface area contributed by atoms with E-state index in [2.05, 4.69) is 34.6 Å². The predicted octanol–water partition coefficient (Wildman–Crippen LogP) is 3.42. The van der Waals surface area contributed by atoms with E-state index in [9.17, 15) is 5.11 Å². The molecule has 1 aliphatic rings. The molecule has 0 amide bonds. The number of aliphatic hydroxyl groups excluding tert-OH is 1. The molecule has 1 fully saturated rings. The molecule has 0 unspecified atom stereocenters. The molecule has 3 heteroatoms. The summed E-state index contributed by atoms with van der Waals surface area (Å²) in [6, 6.07) is -0.240.